The van der Waals surface area contributed by atoms with Gasteiger partial charge in [0.05, 0.1) is 6.04 Å². The minimum Gasteiger partial charge on any atom is -0.396 e. The highest BCUT2D eigenvalue weighted by atomic mass is 79.9. The zero-order valence-corrected chi connectivity index (χ0v) is 16.1. The Kier molecular flexibility index (Phi) is 5.60. The topological polar surface area (TPSA) is 40.5 Å². The number of halogens is 1. The highest BCUT2D eigenvalue weighted by molar-refractivity contribution is 9.10. The van der Waals surface area contributed by atoms with E-state index in [1.54, 1.807) is 0 Å². The fourth-order valence-corrected chi connectivity index (χ4v) is 4.14. The molecule has 1 saturated heterocycles. The normalized spacial score (nSPS) is 22.0. The van der Waals surface area contributed by atoms with Gasteiger partial charge in [0, 0.05) is 29.5 Å². The van der Waals surface area contributed by atoms with Gasteiger partial charge >= 0.3 is 0 Å². The number of hydrogen-bond donors (Lipinski definition) is 1. The third-order valence-corrected chi connectivity index (χ3v) is 5.97. The molecule has 2 aromatic rings. The third-order valence-electron chi connectivity index (χ3n) is 5.44. The van der Waals surface area contributed by atoms with Gasteiger partial charge in [-0.2, -0.15) is 0 Å². The first kappa shape index (κ1) is 18.2. The lowest BCUT2D eigenvalue weighted by molar-refractivity contribution is -0.138. The molecule has 132 valence electrons. The fourth-order valence-electron chi connectivity index (χ4n) is 3.88. The van der Waals surface area contributed by atoms with Crippen molar-refractivity contribution >= 4 is 21.8 Å². The molecule has 1 amide bonds. The van der Waals surface area contributed by atoms with Crippen molar-refractivity contribution in [3.8, 4) is 0 Å². The molecule has 0 unspecified atom stereocenters. The Morgan fingerprint density at radius 2 is 1.84 bits per heavy atom. The van der Waals surface area contributed by atoms with E-state index in [1.165, 1.54) is 0 Å². The fraction of sp³-hybridized carbons (Fsp3) is 0.381. The van der Waals surface area contributed by atoms with Gasteiger partial charge in [-0.25, -0.2) is 0 Å². The molecule has 0 spiro atoms. The SMILES string of the molecule is C[C@@H](c1ccc(Br)cc1)N1CC[C@@](CCO)(c2ccccc2)CC1=O. The summed E-state index contributed by atoms with van der Waals surface area (Å²) in [6.45, 7) is 2.90. The second kappa shape index (κ2) is 7.71. The number of rotatable bonds is 5. The van der Waals surface area contributed by atoms with E-state index in [9.17, 15) is 9.90 Å². The molecule has 0 bridgehead atoms. The van der Waals surface area contributed by atoms with Crippen LogP contribution >= 0.6 is 15.9 Å². The number of benzene rings is 2. The molecule has 4 heteroatoms. The molecular formula is C21H24BrNO2. The number of likely N-dealkylation sites (tertiary alicyclic amines) is 1. The van der Waals surface area contributed by atoms with Crippen LogP contribution in [0.25, 0.3) is 0 Å². The van der Waals surface area contributed by atoms with Gasteiger partial charge in [0.25, 0.3) is 0 Å². The number of hydrogen-bond acceptors (Lipinski definition) is 2. The van der Waals surface area contributed by atoms with Crippen LogP contribution < -0.4 is 0 Å². The zero-order valence-electron chi connectivity index (χ0n) is 14.5. The molecule has 1 heterocycles. The second-order valence-corrected chi connectivity index (χ2v) is 7.78. The Balaban J connectivity index is 1.81. The summed E-state index contributed by atoms with van der Waals surface area (Å²) in [5.74, 6) is 0.166. The first-order chi connectivity index (χ1) is 12.1. The van der Waals surface area contributed by atoms with Crippen LogP contribution in [0.3, 0.4) is 0 Å². The summed E-state index contributed by atoms with van der Waals surface area (Å²) >= 11 is 3.46. The van der Waals surface area contributed by atoms with Crippen molar-refractivity contribution in [1.29, 1.82) is 0 Å². The molecule has 2 aromatic carbocycles. The molecule has 0 saturated carbocycles. The smallest absolute Gasteiger partial charge is 0.223 e. The van der Waals surface area contributed by atoms with E-state index in [-0.39, 0.29) is 24.0 Å². The molecule has 0 aliphatic carbocycles. The van der Waals surface area contributed by atoms with Crippen molar-refractivity contribution in [2.45, 2.75) is 37.6 Å². The van der Waals surface area contributed by atoms with E-state index < -0.39 is 0 Å². The lowest BCUT2D eigenvalue weighted by Gasteiger charge is -2.43. The lowest BCUT2D eigenvalue weighted by atomic mass is 9.70. The molecule has 1 N–H and O–H groups in total. The molecule has 1 aliphatic rings. The van der Waals surface area contributed by atoms with Crippen molar-refractivity contribution in [2.75, 3.05) is 13.2 Å². The second-order valence-electron chi connectivity index (χ2n) is 6.86. The van der Waals surface area contributed by atoms with E-state index in [0.29, 0.717) is 19.4 Å². The van der Waals surface area contributed by atoms with Crippen LogP contribution in [0.1, 0.15) is 43.4 Å². The Morgan fingerprint density at radius 3 is 2.44 bits per heavy atom. The Bertz CT molecular complexity index is 716. The Hall–Kier alpha value is -1.65. The summed E-state index contributed by atoms with van der Waals surface area (Å²) in [4.78, 5) is 14.9. The van der Waals surface area contributed by atoms with Gasteiger partial charge in [0.15, 0.2) is 0 Å². The molecular weight excluding hydrogens is 378 g/mol. The predicted molar refractivity (Wildman–Crippen MR) is 103 cm³/mol. The van der Waals surface area contributed by atoms with Crippen LogP contribution in [0.4, 0.5) is 0 Å². The zero-order chi connectivity index (χ0) is 17.9. The maximum Gasteiger partial charge on any atom is 0.223 e. The minimum atomic E-state index is -0.247. The summed E-state index contributed by atoms with van der Waals surface area (Å²) in [5, 5.41) is 9.58. The molecule has 0 radical (unpaired) electrons. The molecule has 1 aliphatic heterocycles. The van der Waals surface area contributed by atoms with Crippen LogP contribution in [0.5, 0.6) is 0 Å². The minimum absolute atomic E-state index is 0.0588. The molecule has 3 nitrogen and oxygen atoms in total. The van der Waals surface area contributed by atoms with Crippen molar-refractivity contribution in [3.63, 3.8) is 0 Å². The average molecular weight is 402 g/mol. The molecule has 1 fully saturated rings. The molecule has 0 aromatic heterocycles. The van der Waals surface area contributed by atoms with Crippen molar-refractivity contribution in [1.82, 2.24) is 4.90 Å². The lowest BCUT2D eigenvalue weighted by Crippen LogP contribution is -2.47. The van der Waals surface area contributed by atoms with Gasteiger partial charge in [0.2, 0.25) is 5.91 Å². The number of piperidine rings is 1. The largest absolute Gasteiger partial charge is 0.396 e. The first-order valence-electron chi connectivity index (χ1n) is 8.77. The first-order valence-corrected chi connectivity index (χ1v) is 9.56. The molecule has 2 atom stereocenters. The predicted octanol–water partition coefficient (Wildman–Crippen LogP) is 4.45. The number of nitrogens with zero attached hydrogens (tertiary/aromatic N) is 1. The number of carbonyl (C=O) groups excluding carboxylic acids is 1. The number of carbonyl (C=O) groups is 1. The van der Waals surface area contributed by atoms with Crippen molar-refractivity contribution in [2.24, 2.45) is 0 Å². The van der Waals surface area contributed by atoms with Gasteiger partial charge in [0.1, 0.15) is 0 Å². The summed E-state index contributed by atoms with van der Waals surface area (Å²) in [6, 6.07) is 18.4. The summed E-state index contributed by atoms with van der Waals surface area (Å²) in [5.41, 5.74) is 2.06. The van der Waals surface area contributed by atoms with Crippen molar-refractivity contribution < 1.29 is 9.90 Å². The Labute approximate surface area is 157 Å². The Morgan fingerprint density at radius 1 is 1.16 bits per heavy atom. The summed E-state index contributed by atoms with van der Waals surface area (Å²) in [6.07, 6.45) is 1.96. The monoisotopic (exact) mass is 401 g/mol. The number of aliphatic hydroxyl groups excluding tert-OH is 1. The van der Waals surface area contributed by atoms with Crippen LogP contribution in [-0.4, -0.2) is 29.1 Å². The van der Waals surface area contributed by atoms with E-state index in [4.69, 9.17) is 0 Å². The van der Waals surface area contributed by atoms with E-state index in [1.807, 2.05) is 35.2 Å². The van der Waals surface area contributed by atoms with Crippen LogP contribution in [0.15, 0.2) is 59.1 Å². The maximum atomic E-state index is 13.0. The molecule has 25 heavy (non-hydrogen) atoms. The number of aliphatic hydroxyl groups is 1. The third kappa shape index (κ3) is 3.80. The van der Waals surface area contributed by atoms with E-state index in [2.05, 4.69) is 47.1 Å². The number of amides is 1. The van der Waals surface area contributed by atoms with Crippen LogP contribution in [0.2, 0.25) is 0 Å². The van der Waals surface area contributed by atoms with E-state index in [0.717, 1.165) is 22.0 Å². The average Bonchev–Trinajstić information content (AvgIpc) is 2.63. The quantitative estimate of drug-likeness (QED) is 0.803. The van der Waals surface area contributed by atoms with Crippen LogP contribution in [0, 0.1) is 0 Å². The van der Waals surface area contributed by atoms with Crippen LogP contribution in [-0.2, 0) is 10.2 Å². The van der Waals surface area contributed by atoms with Gasteiger partial charge < -0.3 is 10.0 Å². The van der Waals surface area contributed by atoms with E-state index >= 15 is 0 Å². The van der Waals surface area contributed by atoms with Gasteiger partial charge in [-0.1, -0.05) is 58.4 Å². The van der Waals surface area contributed by atoms with Gasteiger partial charge in [-0.05, 0) is 43.0 Å². The maximum absolute atomic E-state index is 13.0. The highest BCUT2D eigenvalue weighted by Gasteiger charge is 2.41. The highest BCUT2D eigenvalue weighted by Crippen LogP contribution is 2.41. The van der Waals surface area contributed by atoms with Crippen molar-refractivity contribution in [3.05, 3.63) is 70.2 Å². The summed E-state index contributed by atoms with van der Waals surface area (Å²) in [7, 11) is 0. The van der Waals surface area contributed by atoms with Gasteiger partial charge in [-0.3, -0.25) is 4.79 Å². The standard InChI is InChI=1S/C21H24BrNO2/c1-16(17-7-9-19(22)10-8-17)23-13-11-21(12-14-24,15-20(23)25)18-5-3-2-4-6-18/h2-10,16,24H,11-15H2,1H3/t16-,21-/m0/s1. The molecule has 3 rings (SSSR count). The van der Waals surface area contributed by atoms with Gasteiger partial charge in [-0.15, -0.1) is 0 Å². The summed E-state index contributed by atoms with van der Waals surface area (Å²) < 4.78 is 1.04.